The average Bonchev–Trinajstić information content (AvgIpc) is 2.65. The molecule has 0 amide bonds. The Kier molecular flexibility index (Phi) is 5.21. The van der Waals surface area contributed by atoms with Crippen molar-refractivity contribution in [2.45, 2.75) is 25.5 Å². The molecule has 8 heteroatoms. The molecule has 1 rings (SSSR count). The second kappa shape index (κ2) is 6.24. The molecule has 0 aliphatic rings. The molecule has 18 heavy (non-hydrogen) atoms. The molecule has 1 aromatic heterocycles. The summed E-state index contributed by atoms with van der Waals surface area (Å²) in [5.41, 5.74) is 0.828. The topological polar surface area (TPSA) is 89.3 Å². The quantitative estimate of drug-likeness (QED) is 0.748. The van der Waals surface area contributed by atoms with E-state index in [1.54, 1.807) is 17.7 Å². The lowest BCUT2D eigenvalue weighted by Crippen LogP contribution is -2.16. The SMILES string of the molecule is CCS(=O)(=O)CCn1c(C)cnc1SCC(=O)O. The lowest BCUT2D eigenvalue weighted by Gasteiger charge is -2.08. The van der Waals surface area contributed by atoms with Gasteiger partial charge >= 0.3 is 5.97 Å². The molecular weight excluding hydrogens is 276 g/mol. The van der Waals surface area contributed by atoms with E-state index in [-0.39, 0.29) is 17.3 Å². The summed E-state index contributed by atoms with van der Waals surface area (Å²) in [5, 5.41) is 9.16. The van der Waals surface area contributed by atoms with Crippen LogP contribution >= 0.6 is 11.8 Å². The van der Waals surface area contributed by atoms with Crippen LogP contribution in [0, 0.1) is 6.92 Å². The first kappa shape index (κ1) is 15.0. The van der Waals surface area contributed by atoms with Crippen molar-refractivity contribution in [2.24, 2.45) is 0 Å². The van der Waals surface area contributed by atoms with Crippen molar-refractivity contribution in [3.05, 3.63) is 11.9 Å². The largest absolute Gasteiger partial charge is 0.481 e. The Balaban J connectivity index is 2.75. The number of carboxylic acids is 1. The summed E-state index contributed by atoms with van der Waals surface area (Å²) in [7, 11) is -3.03. The van der Waals surface area contributed by atoms with E-state index in [1.165, 1.54) is 0 Å². The zero-order valence-electron chi connectivity index (χ0n) is 10.3. The minimum Gasteiger partial charge on any atom is -0.481 e. The van der Waals surface area contributed by atoms with Gasteiger partial charge in [0.05, 0.1) is 11.5 Å². The van der Waals surface area contributed by atoms with Gasteiger partial charge in [-0.2, -0.15) is 0 Å². The van der Waals surface area contributed by atoms with E-state index < -0.39 is 15.8 Å². The highest BCUT2D eigenvalue weighted by Gasteiger charge is 2.13. The number of aromatic nitrogens is 2. The molecule has 1 aromatic rings. The Morgan fingerprint density at radius 1 is 1.56 bits per heavy atom. The predicted octanol–water partition coefficient (Wildman–Crippen LogP) is 0.803. The van der Waals surface area contributed by atoms with Crippen LogP contribution in [0.25, 0.3) is 0 Å². The fourth-order valence-electron chi connectivity index (χ4n) is 1.33. The maximum absolute atomic E-state index is 11.4. The van der Waals surface area contributed by atoms with Gasteiger partial charge < -0.3 is 9.67 Å². The van der Waals surface area contributed by atoms with Crippen molar-refractivity contribution in [1.29, 1.82) is 0 Å². The number of carboxylic acid groups (broad SMARTS) is 1. The number of thioether (sulfide) groups is 1. The maximum Gasteiger partial charge on any atom is 0.313 e. The number of hydrogen-bond acceptors (Lipinski definition) is 5. The minimum absolute atomic E-state index is 0.0430. The summed E-state index contributed by atoms with van der Waals surface area (Å²) >= 11 is 1.09. The number of aliphatic carboxylic acids is 1. The van der Waals surface area contributed by atoms with Crippen molar-refractivity contribution in [2.75, 3.05) is 17.3 Å². The molecule has 0 aliphatic heterocycles. The van der Waals surface area contributed by atoms with Crippen LogP contribution in [0.1, 0.15) is 12.6 Å². The van der Waals surface area contributed by atoms with Crippen LogP contribution in [0.2, 0.25) is 0 Å². The molecule has 1 N–H and O–H groups in total. The van der Waals surface area contributed by atoms with Crippen LogP contribution in [0.15, 0.2) is 11.4 Å². The molecule has 102 valence electrons. The Hall–Kier alpha value is -1.02. The van der Waals surface area contributed by atoms with Crippen LogP contribution in [0.5, 0.6) is 0 Å². The lowest BCUT2D eigenvalue weighted by atomic mass is 10.5. The molecule has 0 fully saturated rings. The fourth-order valence-corrected chi connectivity index (χ4v) is 2.85. The Bertz CT molecular complexity index is 522. The summed E-state index contributed by atoms with van der Waals surface area (Å²) < 4.78 is 24.6. The molecule has 0 aliphatic carbocycles. The smallest absolute Gasteiger partial charge is 0.313 e. The van der Waals surface area contributed by atoms with E-state index in [1.807, 2.05) is 6.92 Å². The highest BCUT2D eigenvalue weighted by Crippen LogP contribution is 2.18. The highest BCUT2D eigenvalue weighted by atomic mass is 32.2. The lowest BCUT2D eigenvalue weighted by molar-refractivity contribution is -0.133. The third-order valence-electron chi connectivity index (χ3n) is 2.41. The normalized spacial score (nSPS) is 11.7. The van der Waals surface area contributed by atoms with Gasteiger partial charge in [-0.05, 0) is 6.92 Å². The average molecular weight is 292 g/mol. The van der Waals surface area contributed by atoms with Gasteiger partial charge in [-0.25, -0.2) is 13.4 Å². The summed E-state index contributed by atoms with van der Waals surface area (Å²) in [5.74, 6) is -0.857. The first-order valence-corrected chi connectivity index (χ1v) is 8.23. The fraction of sp³-hybridized carbons (Fsp3) is 0.600. The summed E-state index contributed by atoms with van der Waals surface area (Å²) in [6, 6.07) is 0. The van der Waals surface area contributed by atoms with Gasteiger partial charge in [0, 0.05) is 24.2 Å². The van der Waals surface area contributed by atoms with Crippen LogP contribution in [-0.4, -0.2) is 46.3 Å². The molecule has 0 aromatic carbocycles. The summed E-state index contributed by atoms with van der Waals surface area (Å²) in [4.78, 5) is 14.6. The number of nitrogens with zero attached hydrogens (tertiary/aromatic N) is 2. The van der Waals surface area contributed by atoms with Gasteiger partial charge in [0.2, 0.25) is 0 Å². The van der Waals surface area contributed by atoms with Crippen LogP contribution < -0.4 is 0 Å². The molecule has 0 saturated heterocycles. The van der Waals surface area contributed by atoms with E-state index in [4.69, 9.17) is 5.11 Å². The molecule has 1 heterocycles. The second-order valence-electron chi connectivity index (χ2n) is 3.75. The predicted molar refractivity (Wildman–Crippen MR) is 69.7 cm³/mol. The first-order valence-electron chi connectivity index (χ1n) is 5.43. The van der Waals surface area contributed by atoms with Crippen molar-refractivity contribution < 1.29 is 18.3 Å². The van der Waals surface area contributed by atoms with Crippen molar-refractivity contribution in [3.8, 4) is 0 Å². The summed E-state index contributed by atoms with van der Waals surface area (Å²) in [6.07, 6.45) is 1.61. The zero-order valence-corrected chi connectivity index (χ0v) is 11.9. The third-order valence-corrected chi connectivity index (χ3v) is 5.07. The third kappa shape index (κ3) is 4.34. The number of hydrogen-bond donors (Lipinski definition) is 1. The number of sulfone groups is 1. The second-order valence-corrected chi connectivity index (χ2v) is 7.17. The molecule has 0 spiro atoms. The van der Waals surface area contributed by atoms with Gasteiger partial charge in [-0.15, -0.1) is 0 Å². The molecule has 6 nitrogen and oxygen atoms in total. The van der Waals surface area contributed by atoms with Gasteiger partial charge in [0.25, 0.3) is 0 Å². The first-order chi connectivity index (χ1) is 8.35. The van der Waals surface area contributed by atoms with Crippen molar-refractivity contribution >= 4 is 27.6 Å². The van der Waals surface area contributed by atoms with Crippen LogP contribution in [0.3, 0.4) is 0 Å². The maximum atomic E-state index is 11.4. The van der Waals surface area contributed by atoms with E-state index >= 15 is 0 Å². The molecule has 0 radical (unpaired) electrons. The zero-order chi connectivity index (χ0) is 13.8. The Labute approximate surface area is 110 Å². The molecule has 0 bridgehead atoms. The van der Waals surface area contributed by atoms with Crippen LogP contribution in [-0.2, 0) is 21.2 Å². The van der Waals surface area contributed by atoms with E-state index in [0.29, 0.717) is 11.7 Å². The highest BCUT2D eigenvalue weighted by molar-refractivity contribution is 7.99. The molecular formula is C10H16N2O4S2. The van der Waals surface area contributed by atoms with Gasteiger partial charge in [-0.1, -0.05) is 18.7 Å². The minimum atomic E-state index is -3.03. The number of imidazole rings is 1. The number of carbonyl (C=O) groups is 1. The van der Waals surface area contributed by atoms with Gasteiger partial charge in [0.1, 0.15) is 0 Å². The van der Waals surface area contributed by atoms with Crippen molar-refractivity contribution in [3.63, 3.8) is 0 Å². The van der Waals surface area contributed by atoms with Gasteiger partial charge in [-0.3, -0.25) is 4.79 Å². The molecule has 0 saturated carbocycles. The monoisotopic (exact) mass is 292 g/mol. The Morgan fingerprint density at radius 2 is 2.22 bits per heavy atom. The number of aryl methyl sites for hydroxylation is 1. The standard InChI is InChI=1S/C10H16N2O4S2/c1-3-18(15,16)5-4-12-8(2)6-11-10(12)17-7-9(13)14/h6H,3-5,7H2,1-2H3,(H,13,14). The Morgan fingerprint density at radius 3 is 2.78 bits per heavy atom. The summed E-state index contributed by atoms with van der Waals surface area (Å²) in [6.45, 7) is 3.73. The number of rotatable bonds is 7. The van der Waals surface area contributed by atoms with E-state index in [0.717, 1.165) is 17.5 Å². The van der Waals surface area contributed by atoms with Crippen LogP contribution in [0.4, 0.5) is 0 Å². The van der Waals surface area contributed by atoms with Gasteiger partial charge in [0.15, 0.2) is 15.0 Å². The molecule has 0 unspecified atom stereocenters. The van der Waals surface area contributed by atoms with E-state index in [9.17, 15) is 13.2 Å². The van der Waals surface area contributed by atoms with Crippen molar-refractivity contribution in [1.82, 2.24) is 9.55 Å². The van der Waals surface area contributed by atoms with E-state index in [2.05, 4.69) is 4.98 Å². The molecule has 0 atom stereocenters.